The Balaban J connectivity index is 1.27. The highest BCUT2D eigenvalue weighted by Gasteiger charge is 2.43. The van der Waals surface area contributed by atoms with E-state index in [0.29, 0.717) is 23.1 Å². The molecule has 164 valence electrons. The average molecular weight is 444 g/mol. The highest BCUT2D eigenvalue weighted by atomic mass is 35.5. The lowest BCUT2D eigenvalue weighted by atomic mass is 10.1. The van der Waals surface area contributed by atoms with Crippen molar-refractivity contribution in [2.24, 2.45) is 0 Å². The van der Waals surface area contributed by atoms with Crippen LogP contribution in [0.3, 0.4) is 0 Å². The van der Waals surface area contributed by atoms with E-state index in [2.05, 4.69) is 9.80 Å². The summed E-state index contributed by atoms with van der Waals surface area (Å²) in [5.74, 6) is 1.20. The second-order valence-corrected chi connectivity index (χ2v) is 8.10. The van der Waals surface area contributed by atoms with Gasteiger partial charge in [-0.15, -0.1) is 0 Å². The number of benzene rings is 2. The summed E-state index contributed by atoms with van der Waals surface area (Å²) in [5.41, 5.74) is 0.594. The number of hydrogen-bond acceptors (Lipinski definition) is 6. The van der Waals surface area contributed by atoms with Crippen molar-refractivity contribution < 1.29 is 19.1 Å². The van der Waals surface area contributed by atoms with Gasteiger partial charge in [0.2, 0.25) is 5.91 Å². The molecule has 2 aromatic rings. The van der Waals surface area contributed by atoms with E-state index in [0.717, 1.165) is 38.5 Å². The van der Waals surface area contributed by atoms with E-state index in [1.165, 1.54) is 4.90 Å². The first-order valence-electron chi connectivity index (χ1n) is 10.4. The molecule has 2 aliphatic rings. The Kier molecular flexibility index (Phi) is 6.75. The number of piperazine rings is 1. The van der Waals surface area contributed by atoms with Crippen LogP contribution in [-0.4, -0.2) is 74.1 Å². The Morgan fingerprint density at radius 2 is 1.58 bits per heavy atom. The molecular formula is C23H26ClN3O4. The SMILES string of the molecule is COc1ccc(N2C(=O)C[C@H](N3CCN(CCOc4ccc(Cl)cc4)CC3)C2=O)cc1. The zero-order chi connectivity index (χ0) is 21.8. The highest BCUT2D eigenvalue weighted by Crippen LogP contribution is 2.27. The fourth-order valence-electron chi connectivity index (χ4n) is 4.03. The van der Waals surface area contributed by atoms with Crippen LogP contribution in [0.1, 0.15) is 6.42 Å². The molecule has 0 saturated carbocycles. The Hall–Kier alpha value is -2.61. The van der Waals surface area contributed by atoms with Crippen LogP contribution in [0.4, 0.5) is 5.69 Å². The molecule has 0 N–H and O–H groups in total. The topological polar surface area (TPSA) is 62.3 Å². The first kappa shape index (κ1) is 21.6. The maximum atomic E-state index is 13.0. The number of carbonyl (C=O) groups is 2. The number of ether oxygens (including phenoxy) is 2. The third-order valence-electron chi connectivity index (χ3n) is 5.79. The number of nitrogens with zero attached hydrogens (tertiary/aromatic N) is 3. The highest BCUT2D eigenvalue weighted by molar-refractivity contribution is 6.30. The summed E-state index contributed by atoms with van der Waals surface area (Å²) in [6.45, 7) is 4.58. The maximum Gasteiger partial charge on any atom is 0.251 e. The number of methoxy groups -OCH3 is 1. The second kappa shape index (κ2) is 9.68. The van der Waals surface area contributed by atoms with E-state index in [1.807, 2.05) is 24.3 Å². The normalized spacial score (nSPS) is 20.3. The largest absolute Gasteiger partial charge is 0.497 e. The number of rotatable bonds is 7. The van der Waals surface area contributed by atoms with Gasteiger partial charge in [-0.2, -0.15) is 0 Å². The van der Waals surface area contributed by atoms with Gasteiger partial charge < -0.3 is 9.47 Å². The van der Waals surface area contributed by atoms with E-state index in [1.54, 1.807) is 31.4 Å². The minimum atomic E-state index is -0.387. The minimum Gasteiger partial charge on any atom is -0.497 e. The lowest BCUT2D eigenvalue weighted by Gasteiger charge is -2.36. The van der Waals surface area contributed by atoms with Crippen LogP contribution in [0.25, 0.3) is 0 Å². The number of amides is 2. The monoisotopic (exact) mass is 443 g/mol. The molecule has 2 heterocycles. The van der Waals surface area contributed by atoms with Gasteiger partial charge in [-0.3, -0.25) is 19.4 Å². The first-order chi connectivity index (χ1) is 15.0. The van der Waals surface area contributed by atoms with Crippen LogP contribution in [0.5, 0.6) is 11.5 Å². The van der Waals surface area contributed by atoms with Gasteiger partial charge >= 0.3 is 0 Å². The lowest BCUT2D eigenvalue weighted by Crippen LogP contribution is -2.53. The van der Waals surface area contributed by atoms with E-state index in [4.69, 9.17) is 21.1 Å². The minimum absolute atomic E-state index is 0.144. The van der Waals surface area contributed by atoms with Gasteiger partial charge in [0.25, 0.3) is 5.91 Å². The van der Waals surface area contributed by atoms with Gasteiger partial charge in [-0.1, -0.05) is 11.6 Å². The molecule has 31 heavy (non-hydrogen) atoms. The van der Waals surface area contributed by atoms with Crippen molar-refractivity contribution in [1.29, 1.82) is 0 Å². The molecule has 2 saturated heterocycles. The van der Waals surface area contributed by atoms with Gasteiger partial charge in [-0.25, -0.2) is 4.90 Å². The van der Waals surface area contributed by atoms with E-state index in [-0.39, 0.29) is 24.3 Å². The standard InChI is InChI=1S/C23H26ClN3O4/c1-30-19-8-4-18(5-9-19)27-22(28)16-21(23(27)29)26-12-10-25(11-13-26)14-15-31-20-6-2-17(24)3-7-20/h2-9,21H,10-16H2,1H3/t21-/m0/s1. The first-order valence-corrected chi connectivity index (χ1v) is 10.8. The van der Waals surface area contributed by atoms with E-state index >= 15 is 0 Å². The van der Waals surface area contributed by atoms with Crippen LogP contribution in [0, 0.1) is 0 Å². The van der Waals surface area contributed by atoms with Crippen molar-refractivity contribution in [3.05, 3.63) is 53.6 Å². The number of carbonyl (C=O) groups excluding carboxylic acids is 2. The molecule has 2 aliphatic heterocycles. The summed E-state index contributed by atoms with van der Waals surface area (Å²) in [4.78, 5) is 31.3. The van der Waals surface area contributed by atoms with Crippen LogP contribution in [0.15, 0.2) is 48.5 Å². The number of anilines is 1. The Bertz CT molecular complexity index is 911. The molecule has 0 aliphatic carbocycles. The van der Waals surface area contributed by atoms with Crippen LogP contribution >= 0.6 is 11.6 Å². The summed E-state index contributed by atoms with van der Waals surface area (Å²) in [5, 5.41) is 0.689. The molecule has 0 spiro atoms. The van der Waals surface area contributed by atoms with Crippen LogP contribution in [-0.2, 0) is 9.59 Å². The maximum absolute atomic E-state index is 13.0. The fourth-order valence-corrected chi connectivity index (χ4v) is 4.15. The Morgan fingerprint density at radius 1 is 0.935 bits per heavy atom. The zero-order valence-corrected chi connectivity index (χ0v) is 18.3. The van der Waals surface area contributed by atoms with Crippen LogP contribution in [0.2, 0.25) is 5.02 Å². The molecule has 2 amide bonds. The lowest BCUT2D eigenvalue weighted by molar-refractivity contribution is -0.123. The van der Waals surface area contributed by atoms with Gasteiger partial charge in [0.15, 0.2) is 0 Å². The van der Waals surface area contributed by atoms with E-state index < -0.39 is 0 Å². The second-order valence-electron chi connectivity index (χ2n) is 7.67. The Morgan fingerprint density at radius 3 is 2.23 bits per heavy atom. The summed E-state index contributed by atoms with van der Waals surface area (Å²) in [6, 6.07) is 14.0. The summed E-state index contributed by atoms with van der Waals surface area (Å²) in [6.07, 6.45) is 0.227. The van der Waals surface area contributed by atoms with Crippen molar-refractivity contribution in [2.75, 3.05) is 51.3 Å². The van der Waals surface area contributed by atoms with Gasteiger partial charge in [0, 0.05) is 37.7 Å². The summed E-state index contributed by atoms with van der Waals surface area (Å²) in [7, 11) is 1.58. The number of imide groups is 1. The molecule has 1 atom stereocenters. The smallest absolute Gasteiger partial charge is 0.251 e. The summed E-state index contributed by atoms with van der Waals surface area (Å²) < 4.78 is 10.9. The summed E-state index contributed by atoms with van der Waals surface area (Å²) >= 11 is 5.89. The fraction of sp³-hybridized carbons (Fsp3) is 0.391. The van der Waals surface area contributed by atoms with Gasteiger partial charge in [0.1, 0.15) is 18.1 Å². The third-order valence-corrected chi connectivity index (χ3v) is 6.04. The Labute approximate surface area is 187 Å². The van der Waals surface area contributed by atoms with Crippen molar-refractivity contribution >= 4 is 29.1 Å². The quantitative estimate of drug-likeness (QED) is 0.613. The van der Waals surface area contributed by atoms with E-state index in [9.17, 15) is 9.59 Å². The number of hydrogen-bond donors (Lipinski definition) is 0. The molecule has 4 rings (SSSR count). The van der Waals surface area contributed by atoms with Crippen molar-refractivity contribution in [1.82, 2.24) is 9.80 Å². The molecule has 0 aromatic heterocycles. The average Bonchev–Trinajstić information content (AvgIpc) is 3.09. The molecule has 8 heteroatoms. The predicted octanol–water partition coefficient (Wildman–Crippen LogP) is 2.68. The molecule has 0 bridgehead atoms. The van der Waals surface area contributed by atoms with Gasteiger partial charge in [-0.05, 0) is 48.5 Å². The predicted molar refractivity (Wildman–Crippen MR) is 119 cm³/mol. The van der Waals surface area contributed by atoms with Crippen LogP contribution < -0.4 is 14.4 Å². The molecule has 2 fully saturated rings. The van der Waals surface area contributed by atoms with Crippen molar-refractivity contribution in [3.63, 3.8) is 0 Å². The third kappa shape index (κ3) is 5.01. The molecular weight excluding hydrogens is 418 g/mol. The molecule has 2 aromatic carbocycles. The molecule has 0 radical (unpaired) electrons. The van der Waals surface area contributed by atoms with Crippen molar-refractivity contribution in [3.8, 4) is 11.5 Å². The number of halogens is 1. The molecule has 7 nitrogen and oxygen atoms in total. The van der Waals surface area contributed by atoms with Gasteiger partial charge in [0.05, 0.1) is 25.3 Å². The van der Waals surface area contributed by atoms with Crippen molar-refractivity contribution in [2.45, 2.75) is 12.5 Å². The molecule has 0 unspecified atom stereocenters. The zero-order valence-electron chi connectivity index (χ0n) is 17.5.